The topological polar surface area (TPSA) is 85.6 Å². The van der Waals surface area contributed by atoms with Crippen LogP contribution in [0.3, 0.4) is 0 Å². The highest BCUT2D eigenvalue weighted by Crippen LogP contribution is 2.11. The predicted octanol–water partition coefficient (Wildman–Crippen LogP) is 1.10. The van der Waals surface area contributed by atoms with Crippen LogP contribution in [0.1, 0.15) is 36.3 Å². The maximum Gasteiger partial charge on any atom is 0.222 e. The summed E-state index contributed by atoms with van der Waals surface area (Å²) < 4.78 is 1.61. The number of aromatic nitrogens is 5. The maximum absolute atomic E-state index is 11.7. The third kappa shape index (κ3) is 4.09. The predicted molar refractivity (Wildman–Crippen MR) is 75.1 cm³/mol. The second kappa shape index (κ2) is 7.09. The molecule has 0 fully saturated rings. The van der Waals surface area contributed by atoms with Crippen LogP contribution in [-0.2, 0) is 24.3 Å². The molecular formula is C12H18N6OS. The molecule has 0 bridgehead atoms. The lowest BCUT2D eigenvalue weighted by molar-refractivity contribution is -0.121. The van der Waals surface area contributed by atoms with E-state index in [1.807, 2.05) is 12.3 Å². The summed E-state index contributed by atoms with van der Waals surface area (Å²) in [5.41, 5.74) is 0.922. The van der Waals surface area contributed by atoms with Crippen molar-refractivity contribution < 1.29 is 4.79 Å². The van der Waals surface area contributed by atoms with E-state index in [-0.39, 0.29) is 5.91 Å². The molecule has 2 heterocycles. The van der Waals surface area contributed by atoms with Gasteiger partial charge in [0.2, 0.25) is 5.91 Å². The van der Waals surface area contributed by atoms with Gasteiger partial charge in [-0.3, -0.25) is 4.79 Å². The minimum absolute atomic E-state index is 0.0232. The van der Waals surface area contributed by atoms with Gasteiger partial charge in [-0.2, -0.15) is 0 Å². The van der Waals surface area contributed by atoms with Crippen molar-refractivity contribution in [2.45, 2.75) is 46.2 Å². The van der Waals surface area contributed by atoms with Crippen molar-refractivity contribution in [2.75, 3.05) is 0 Å². The summed E-state index contributed by atoms with van der Waals surface area (Å²) in [6.45, 7) is 4.91. The molecule has 0 radical (unpaired) electrons. The molecule has 0 atom stereocenters. The molecule has 0 saturated carbocycles. The van der Waals surface area contributed by atoms with E-state index in [2.05, 4.69) is 32.7 Å². The summed E-state index contributed by atoms with van der Waals surface area (Å²) in [4.78, 5) is 16.2. The highest BCUT2D eigenvalue weighted by atomic mass is 32.1. The Morgan fingerprint density at radius 3 is 3.05 bits per heavy atom. The molecule has 2 aromatic rings. The van der Waals surface area contributed by atoms with Gasteiger partial charge in [0.1, 0.15) is 5.82 Å². The number of hydrogen-bond donors (Lipinski definition) is 1. The van der Waals surface area contributed by atoms with Crippen LogP contribution >= 0.6 is 11.3 Å². The Balaban J connectivity index is 1.73. The number of tetrazole rings is 1. The molecule has 20 heavy (non-hydrogen) atoms. The number of carbonyl (C=O) groups is 1. The van der Waals surface area contributed by atoms with Crippen molar-refractivity contribution in [3.63, 3.8) is 0 Å². The van der Waals surface area contributed by atoms with Crippen molar-refractivity contribution in [3.8, 4) is 0 Å². The van der Waals surface area contributed by atoms with Crippen LogP contribution in [0.2, 0.25) is 0 Å². The van der Waals surface area contributed by atoms with E-state index in [1.165, 1.54) is 0 Å². The van der Waals surface area contributed by atoms with Gasteiger partial charge in [0.05, 0.1) is 23.8 Å². The molecule has 0 aliphatic heterocycles. The van der Waals surface area contributed by atoms with E-state index in [1.54, 1.807) is 16.0 Å². The van der Waals surface area contributed by atoms with Gasteiger partial charge in [-0.05, 0) is 30.2 Å². The summed E-state index contributed by atoms with van der Waals surface area (Å²) in [6.07, 6.45) is 2.44. The van der Waals surface area contributed by atoms with Crippen LogP contribution in [0.5, 0.6) is 0 Å². The number of nitrogens with one attached hydrogen (secondary N) is 1. The molecule has 8 heteroatoms. The molecule has 0 saturated heterocycles. The van der Waals surface area contributed by atoms with Gasteiger partial charge in [0.15, 0.2) is 0 Å². The first-order chi connectivity index (χ1) is 9.69. The Morgan fingerprint density at radius 1 is 1.50 bits per heavy atom. The smallest absolute Gasteiger partial charge is 0.222 e. The number of rotatable bonds is 7. The molecule has 2 rings (SSSR count). The molecule has 0 aromatic carbocycles. The summed E-state index contributed by atoms with van der Waals surface area (Å²) in [6, 6.07) is 0. The van der Waals surface area contributed by atoms with E-state index < -0.39 is 0 Å². The van der Waals surface area contributed by atoms with Crippen LogP contribution in [-0.4, -0.2) is 31.1 Å². The quantitative estimate of drug-likeness (QED) is 0.826. The molecule has 1 N–H and O–H groups in total. The average Bonchev–Trinajstić information content (AvgIpc) is 3.04. The second-order valence-electron chi connectivity index (χ2n) is 4.46. The minimum atomic E-state index is -0.0232. The van der Waals surface area contributed by atoms with E-state index in [9.17, 15) is 4.79 Å². The third-order valence-electron chi connectivity index (χ3n) is 2.79. The first-order valence-electron chi connectivity index (χ1n) is 6.61. The fraction of sp³-hybridized carbons (Fsp3) is 0.583. The molecule has 0 aliphatic carbocycles. The Kier molecular flexibility index (Phi) is 5.16. The molecule has 1 amide bonds. The van der Waals surface area contributed by atoms with E-state index in [0.717, 1.165) is 23.5 Å². The van der Waals surface area contributed by atoms with Crippen LogP contribution in [0.15, 0.2) is 5.38 Å². The van der Waals surface area contributed by atoms with Crippen LogP contribution in [0, 0.1) is 6.92 Å². The lowest BCUT2D eigenvalue weighted by Crippen LogP contribution is -2.24. The van der Waals surface area contributed by atoms with E-state index in [4.69, 9.17) is 0 Å². The second-order valence-corrected chi connectivity index (χ2v) is 5.40. The Hall–Kier alpha value is -1.83. The minimum Gasteiger partial charge on any atom is -0.350 e. The lowest BCUT2D eigenvalue weighted by Gasteiger charge is -2.03. The summed E-state index contributed by atoms with van der Waals surface area (Å²) in [5, 5.41) is 17.1. The van der Waals surface area contributed by atoms with Crippen LogP contribution in [0.4, 0.5) is 0 Å². The molecule has 7 nitrogen and oxygen atoms in total. The number of aryl methyl sites for hydroxylation is 3. The fourth-order valence-corrected chi connectivity index (χ4v) is 2.60. The Labute approximate surface area is 121 Å². The number of amides is 1. The zero-order chi connectivity index (χ0) is 14.4. The van der Waals surface area contributed by atoms with Crippen LogP contribution in [0.25, 0.3) is 0 Å². The van der Waals surface area contributed by atoms with Gasteiger partial charge in [0.25, 0.3) is 0 Å². The summed E-state index contributed by atoms with van der Waals surface area (Å²) in [5.74, 6) is 0.687. The Bertz CT molecular complexity index is 564. The van der Waals surface area contributed by atoms with Gasteiger partial charge in [-0.1, -0.05) is 6.92 Å². The van der Waals surface area contributed by atoms with Gasteiger partial charge >= 0.3 is 0 Å². The standard InChI is InChI=1S/C12H18N6OS/c1-3-4-12-14-10(8-20-12)7-13-11(19)5-6-18-9(2)15-16-17-18/h8H,3-7H2,1-2H3,(H,13,19). The first kappa shape index (κ1) is 14.6. The van der Waals surface area contributed by atoms with Crippen molar-refractivity contribution in [1.29, 1.82) is 0 Å². The number of hydrogen-bond acceptors (Lipinski definition) is 6. The molecule has 108 valence electrons. The number of thiazole rings is 1. The highest BCUT2D eigenvalue weighted by molar-refractivity contribution is 7.09. The van der Waals surface area contributed by atoms with Crippen LogP contribution < -0.4 is 5.32 Å². The number of carbonyl (C=O) groups excluding carboxylic acids is 1. The van der Waals surface area contributed by atoms with Crippen molar-refractivity contribution in [2.24, 2.45) is 0 Å². The summed E-state index contributed by atoms with van der Waals surface area (Å²) >= 11 is 1.65. The Morgan fingerprint density at radius 2 is 2.35 bits per heavy atom. The average molecular weight is 294 g/mol. The zero-order valence-electron chi connectivity index (χ0n) is 11.7. The normalized spacial score (nSPS) is 10.7. The third-order valence-corrected chi connectivity index (χ3v) is 3.75. The lowest BCUT2D eigenvalue weighted by atomic mass is 10.3. The zero-order valence-corrected chi connectivity index (χ0v) is 12.5. The molecule has 0 aliphatic rings. The summed E-state index contributed by atoms with van der Waals surface area (Å²) in [7, 11) is 0. The fourth-order valence-electron chi connectivity index (χ4n) is 1.70. The SMILES string of the molecule is CCCc1nc(CNC(=O)CCn2nnnc2C)cs1. The maximum atomic E-state index is 11.7. The molecule has 0 spiro atoms. The van der Waals surface area contributed by atoms with Gasteiger partial charge in [-0.15, -0.1) is 16.4 Å². The van der Waals surface area contributed by atoms with Crippen molar-refractivity contribution >= 4 is 17.2 Å². The monoisotopic (exact) mass is 294 g/mol. The highest BCUT2D eigenvalue weighted by Gasteiger charge is 2.07. The van der Waals surface area contributed by atoms with Crippen molar-refractivity contribution in [3.05, 3.63) is 21.9 Å². The number of nitrogens with zero attached hydrogens (tertiary/aromatic N) is 5. The van der Waals surface area contributed by atoms with E-state index in [0.29, 0.717) is 25.3 Å². The molecule has 0 unspecified atom stereocenters. The van der Waals surface area contributed by atoms with Gasteiger partial charge < -0.3 is 5.32 Å². The van der Waals surface area contributed by atoms with E-state index >= 15 is 0 Å². The first-order valence-corrected chi connectivity index (χ1v) is 7.49. The van der Waals surface area contributed by atoms with Crippen molar-refractivity contribution in [1.82, 2.24) is 30.5 Å². The van der Waals surface area contributed by atoms with Gasteiger partial charge in [0, 0.05) is 11.8 Å². The molecular weight excluding hydrogens is 276 g/mol. The largest absolute Gasteiger partial charge is 0.350 e. The molecule has 2 aromatic heterocycles. The van der Waals surface area contributed by atoms with Gasteiger partial charge in [-0.25, -0.2) is 9.67 Å².